The molecule has 5 heteroatoms. The molecule has 1 aliphatic rings. The monoisotopic (exact) mass is 266 g/mol. The van der Waals surface area contributed by atoms with Gasteiger partial charge in [0.05, 0.1) is 11.0 Å². The number of nitrogens with zero attached hydrogens (tertiary/aromatic N) is 1. The SMILES string of the molecule is CC1(CNc2cc(F)cc([N+](=O)[O-])c2)CCCCC1. The number of rotatable bonds is 4. The number of benzene rings is 1. The van der Waals surface area contributed by atoms with Crippen LogP contribution in [0.3, 0.4) is 0 Å². The van der Waals surface area contributed by atoms with Gasteiger partial charge < -0.3 is 5.32 Å². The van der Waals surface area contributed by atoms with Gasteiger partial charge in [-0.25, -0.2) is 4.39 Å². The predicted octanol–water partition coefficient (Wildman–Crippen LogP) is 4.12. The number of hydrogen-bond donors (Lipinski definition) is 1. The Balaban J connectivity index is 2.04. The lowest BCUT2D eigenvalue weighted by Gasteiger charge is -2.34. The first kappa shape index (κ1) is 13.8. The maximum atomic E-state index is 13.3. The average Bonchev–Trinajstić information content (AvgIpc) is 2.37. The molecule has 0 unspecified atom stereocenters. The number of nitro groups is 1. The van der Waals surface area contributed by atoms with Crippen LogP contribution in [-0.2, 0) is 0 Å². The lowest BCUT2D eigenvalue weighted by atomic mass is 9.76. The Labute approximate surface area is 112 Å². The summed E-state index contributed by atoms with van der Waals surface area (Å²) in [5.74, 6) is -0.578. The molecule has 1 aromatic rings. The Kier molecular flexibility index (Phi) is 4.02. The Bertz CT molecular complexity index is 471. The molecule has 1 fully saturated rings. The number of non-ortho nitro benzene ring substituents is 1. The van der Waals surface area contributed by atoms with Crippen LogP contribution in [0, 0.1) is 21.3 Å². The van der Waals surface area contributed by atoms with E-state index < -0.39 is 10.7 Å². The molecule has 0 amide bonds. The third kappa shape index (κ3) is 3.66. The van der Waals surface area contributed by atoms with E-state index in [9.17, 15) is 14.5 Å². The normalized spacial score (nSPS) is 18.0. The fourth-order valence-corrected chi connectivity index (χ4v) is 2.68. The van der Waals surface area contributed by atoms with Gasteiger partial charge in [0.1, 0.15) is 5.82 Å². The maximum absolute atomic E-state index is 13.3. The molecule has 0 heterocycles. The van der Waals surface area contributed by atoms with E-state index in [0.29, 0.717) is 5.69 Å². The van der Waals surface area contributed by atoms with Crippen LogP contribution in [0.15, 0.2) is 18.2 Å². The molecule has 1 N–H and O–H groups in total. The van der Waals surface area contributed by atoms with Gasteiger partial charge in [-0.15, -0.1) is 0 Å². The van der Waals surface area contributed by atoms with E-state index in [0.717, 1.165) is 25.5 Å². The van der Waals surface area contributed by atoms with E-state index in [-0.39, 0.29) is 11.1 Å². The third-order valence-corrected chi connectivity index (χ3v) is 3.87. The van der Waals surface area contributed by atoms with Crippen LogP contribution in [-0.4, -0.2) is 11.5 Å². The van der Waals surface area contributed by atoms with Gasteiger partial charge in [-0.1, -0.05) is 26.2 Å². The minimum atomic E-state index is -0.578. The summed E-state index contributed by atoms with van der Waals surface area (Å²) in [7, 11) is 0. The zero-order chi connectivity index (χ0) is 13.9. The molecule has 0 bridgehead atoms. The van der Waals surface area contributed by atoms with Crippen molar-refractivity contribution in [2.75, 3.05) is 11.9 Å². The second-order valence-corrected chi connectivity index (χ2v) is 5.68. The summed E-state index contributed by atoms with van der Waals surface area (Å²) in [5.41, 5.74) is 0.481. The van der Waals surface area contributed by atoms with Crippen LogP contribution in [0.25, 0.3) is 0 Å². The first-order valence-electron chi connectivity index (χ1n) is 6.67. The Hall–Kier alpha value is -1.65. The fourth-order valence-electron chi connectivity index (χ4n) is 2.68. The fraction of sp³-hybridized carbons (Fsp3) is 0.571. The highest BCUT2D eigenvalue weighted by Crippen LogP contribution is 2.36. The highest BCUT2D eigenvalue weighted by Gasteiger charge is 2.26. The van der Waals surface area contributed by atoms with E-state index in [1.54, 1.807) is 0 Å². The van der Waals surface area contributed by atoms with E-state index in [1.807, 2.05) is 0 Å². The molecule has 104 valence electrons. The maximum Gasteiger partial charge on any atom is 0.274 e. The highest BCUT2D eigenvalue weighted by atomic mass is 19.1. The van der Waals surface area contributed by atoms with Gasteiger partial charge in [-0.05, 0) is 24.3 Å². The number of nitro benzene ring substituents is 1. The van der Waals surface area contributed by atoms with Gasteiger partial charge in [0, 0.05) is 18.3 Å². The number of halogens is 1. The van der Waals surface area contributed by atoms with Crippen LogP contribution < -0.4 is 5.32 Å². The molecule has 0 aromatic heterocycles. The van der Waals surface area contributed by atoms with Crippen LogP contribution in [0.4, 0.5) is 15.8 Å². The summed E-state index contributed by atoms with van der Waals surface area (Å²) in [6.45, 7) is 2.94. The molecule has 0 atom stereocenters. The van der Waals surface area contributed by atoms with Crippen molar-refractivity contribution in [3.63, 3.8) is 0 Å². The van der Waals surface area contributed by atoms with Gasteiger partial charge in [0.2, 0.25) is 0 Å². The molecular formula is C14H19FN2O2. The number of hydrogen-bond acceptors (Lipinski definition) is 3. The van der Waals surface area contributed by atoms with Crippen molar-refractivity contribution in [1.29, 1.82) is 0 Å². The van der Waals surface area contributed by atoms with Crippen LogP contribution in [0.5, 0.6) is 0 Å². The summed E-state index contributed by atoms with van der Waals surface area (Å²) in [6, 6.07) is 3.63. The summed E-state index contributed by atoms with van der Waals surface area (Å²) < 4.78 is 13.3. The van der Waals surface area contributed by atoms with E-state index >= 15 is 0 Å². The quantitative estimate of drug-likeness (QED) is 0.659. The van der Waals surface area contributed by atoms with Crippen LogP contribution in [0.1, 0.15) is 39.0 Å². The molecule has 0 radical (unpaired) electrons. The first-order chi connectivity index (χ1) is 8.98. The zero-order valence-electron chi connectivity index (χ0n) is 11.1. The average molecular weight is 266 g/mol. The van der Waals surface area contributed by atoms with Gasteiger partial charge in [0.15, 0.2) is 0 Å². The Morgan fingerprint density at radius 3 is 2.63 bits per heavy atom. The predicted molar refractivity (Wildman–Crippen MR) is 72.7 cm³/mol. The van der Waals surface area contributed by atoms with Crippen molar-refractivity contribution in [3.05, 3.63) is 34.1 Å². The van der Waals surface area contributed by atoms with Crippen molar-refractivity contribution in [2.24, 2.45) is 5.41 Å². The van der Waals surface area contributed by atoms with E-state index in [4.69, 9.17) is 0 Å². The largest absolute Gasteiger partial charge is 0.384 e. The van der Waals surface area contributed by atoms with Crippen LogP contribution >= 0.6 is 0 Å². The van der Waals surface area contributed by atoms with E-state index in [1.165, 1.54) is 31.4 Å². The molecule has 0 aliphatic heterocycles. The Morgan fingerprint density at radius 2 is 2.00 bits per heavy atom. The lowest BCUT2D eigenvalue weighted by molar-refractivity contribution is -0.385. The van der Waals surface area contributed by atoms with E-state index in [2.05, 4.69) is 12.2 Å². The molecule has 0 saturated heterocycles. The van der Waals surface area contributed by atoms with Crippen molar-refractivity contribution >= 4 is 11.4 Å². The Morgan fingerprint density at radius 1 is 1.32 bits per heavy atom. The van der Waals surface area contributed by atoms with Gasteiger partial charge >= 0.3 is 0 Å². The second-order valence-electron chi connectivity index (χ2n) is 5.68. The van der Waals surface area contributed by atoms with Gasteiger partial charge in [0.25, 0.3) is 5.69 Å². The molecule has 0 spiro atoms. The van der Waals surface area contributed by atoms with Gasteiger partial charge in [-0.3, -0.25) is 10.1 Å². The zero-order valence-corrected chi connectivity index (χ0v) is 11.1. The smallest absolute Gasteiger partial charge is 0.274 e. The topological polar surface area (TPSA) is 55.2 Å². The third-order valence-electron chi connectivity index (χ3n) is 3.87. The summed E-state index contributed by atoms with van der Waals surface area (Å²) in [4.78, 5) is 10.1. The summed E-state index contributed by atoms with van der Waals surface area (Å²) in [6.07, 6.45) is 6.03. The highest BCUT2D eigenvalue weighted by molar-refractivity contribution is 5.51. The van der Waals surface area contributed by atoms with Gasteiger partial charge in [-0.2, -0.15) is 0 Å². The van der Waals surface area contributed by atoms with Crippen LogP contribution in [0.2, 0.25) is 0 Å². The standard InChI is InChI=1S/C14H19FN2O2/c1-14(5-3-2-4-6-14)10-16-12-7-11(15)8-13(9-12)17(18)19/h7-9,16H,2-6,10H2,1H3. The lowest BCUT2D eigenvalue weighted by Crippen LogP contribution is -2.28. The molecule has 2 rings (SSSR count). The summed E-state index contributed by atoms with van der Waals surface area (Å²) in [5, 5.41) is 13.8. The van der Waals surface area contributed by atoms with Crippen molar-refractivity contribution in [3.8, 4) is 0 Å². The summed E-state index contributed by atoms with van der Waals surface area (Å²) >= 11 is 0. The number of anilines is 1. The van der Waals surface area contributed by atoms with Crippen molar-refractivity contribution in [2.45, 2.75) is 39.0 Å². The molecule has 1 aromatic carbocycles. The molecule has 19 heavy (non-hydrogen) atoms. The first-order valence-corrected chi connectivity index (χ1v) is 6.67. The molecular weight excluding hydrogens is 247 g/mol. The molecule has 1 saturated carbocycles. The number of nitrogens with one attached hydrogen (secondary N) is 1. The van der Waals surface area contributed by atoms with Crippen molar-refractivity contribution in [1.82, 2.24) is 0 Å². The molecule has 1 aliphatic carbocycles. The minimum absolute atomic E-state index is 0.208. The minimum Gasteiger partial charge on any atom is -0.384 e. The second kappa shape index (κ2) is 5.55. The molecule has 4 nitrogen and oxygen atoms in total. The van der Waals surface area contributed by atoms with Crippen molar-refractivity contribution < 1.29 is 9.31 Å².